The summed E-state index contributed by atoms with van der Waals surface area (Å²) in [7, 11) is 0. The number of rotatable bonds is 2. The standard InChI is InChI=1S/C10H17N3/c1-2-3-9-7-13-5-4-8(11)6-10(13)12-9/h7-8H,2-6,11H2,1H3. The van der Waals surface area contributed by atoms with Crippen LogP contribution in [0.4, 0.5) is 0 Å². The zero-order valence-corrected chi connectivity index (χ0v) is 8.16. The summed E-state index contributed by atoms with van der Waals surface area (Å²) < 4.78 is 2.26. The molecule has 2 rings (SSSR count). The van der Waals surface area contributed by atoms with Crippen LogP contribution in [0.25, 0.3) is 0 Å². The van der Waals surface area contributed by atoms with Crippen molar-refractivity contribution in [1.29, 1.82) is 0 Å². The van der Waals surface area contributed by atoms with Crippen LogP contribution >= 0.6 is 0 Å². The molecule has 0 saturated carbocycles. The third-order valence-electron chi connectivity index (χ3n) is 2.60. The summed E-state index contributed by atoms with van der Waals surface area (Å²) in [6.07, 6.45) is 6.49. The van der Waals surface area contributed by atoms with Crippen LogP contribution in [0, 0.1) is 0 Å². The van der Waals surface area contributed by atoms with E-state index < -0.39 is 0 Å². The second-order valence-electron chi connectivity index (χ2n) is 3.84. The zero-order chi connectivity index (χ0) is 9.26. The second-order valence-corrected chi connectivity index (χ2v) is 3.84. The zero-order valence-electron chi connectivity index (χ0n) is 8.16. The Bertz CT molecular complexity index is 290. The molecule has 0 aromatic carbocycles. The summed E-state index contributed by atoms with van der Waals surface area (Å²) in [5.41, 5.74) is 7.11. The van der Waals surface area contributed by atoms with Gasteiger partial charge in [-0.1, -0.05) is 13.3 Å². The van der Waals surface area contributed by atoms with Gasteiger partial charge >= 0.3 is 0 Å². The molecule has 1 aromatic rings. The molecule has 72 valence electrons. The Balaban J connectivity index is 2.18. The van der Waals surface area contributed by atoms with E-state index >= 15 is 0 Å². The minimum absolute atomic E-state index is 0.323. The first-order chi connectivity index (χ1) is 6.29. The summed E-state index contributed by atoms with van der Waals surface area (Å²) in [5.74, 6) is 1.18. The highest BCUT2D eigenvalue weighted by Crippen LogP contribution is 2.14. The second kappa shape index (κ2) is 3.50. The molecule has 3 nitrogen and oxygen atoms in total. The Morgan fingerprint density at radius 3 is 3.31 bits per heavy atom. The SMILES string of the molecule is CCCc1cn2c(n1)CC(N)CC2. The van der Waals surface area contributed by atoms with Gasteiger partial charge < -0.3 is 10.3 Å². The Hall–Kier alpha value is -0.830. The largest absolute Gasteiger partial charge is 0.335 e. The first-order valence-corrected chi connectivity index (χ1v) is 5.10. The normalized spacial score (nSPS) is 21.5. The molecule has 1 atom stereocenters. The van der Waals surface area contributed by atoms with Crippen LogP contribution in [-0.2, 0) is 19.4 Å². The fraction of sp³-hybridized carbons (Fsp3) is 0.700. The average molecular weight is 179 g/mol. The van der Waals surface area contributed by atoms with Crippen molar-refractivity contribution < 1.29 is 0 Å². The van der Waals surface area contributed by atoms with E-state index in [-0.39, 0.29) is 0 Å². The molecule has 0 radical (unpaired) electrons. The molecule has 2 N–H and O–H groups in total. The Kier molecular flexibility index (Phi) is 2.36. The summed E-state index contributed by atoms with van der Waals surface area (Å²) in [6.45, 7) is 3.23. The molecule has 0 bridgehead atoms. The van der Waals surface area contributed by atoms with Crippen molar-refractivity contribution in [3.8, 4) is 0 Å². The topological polar surface area (TPSA) is 43.8 Å². The number of hydrogen-bond donors (Lipinski definition) is 1. The minimum Gasteiger partial charge on any atom is -0.335 e. The summed E-state index contributed by atoms with van der Waals surface area (Å²) in [4.78, 5) is 4.57. The maximum atomic E-state index is 5.88. The molecule has 0 spiro atoms. The molecule has 0 amide bonds. The van der Waals surface area contributed by atoms with Gasteiger partial charge in [-0.3, -0.25) is 0 Å². The molecular formula is C10H17N3. The average Bonchev–Trinajstić information content (AvgIpc) is 2.46. The van der Waals surface area contributed by atoms with Gasteiger partial charge in [-0.25, -0.2) is 4.98 Å². The number of nitrogens with zero attached hydrogens (tertiary/aromatic N) is 2. The van der Waals surface area contributed by atoms with E-state index in [1.165, 1.54) is 17.9 Å². The van der Waals surface area contributed by atoms with E-state index in [9.17, 15) is 0 Å². The van der Waals surface area contributed by atoms with Gasteiger partial charge in [0.2, 0.25) is 0 Å². The van der Waals surface area contributed by atoms with Crippen LogP contribution in [-0.4, -0.2) is 15.6 Å². The summed E-state index contributed by atoms with van der Waals surface area (Å²) in [5, 5.41) is 0. The molecule has 1 aliphatic heterocycles. The molecule has 1 aliphatic rings. The fourth-order valence-corrected chi connectivity index (χ4v) is 1.89. The number of aromatic nitrogens is 2. The van der Waals surface area contributed by atoms with Crippen molar-refractivity contribution in [2.75, 3.05) is 0 Å². The molecule has 3 heteroatoms. The Morgan fingerprint density at radius 1 is 1.69 bits per heavy atom. The number of hydrogen-bond acceptors (Lipinski definition) is 2. The van der Waals surface area contributed by atoms with Gasteiger partial charge in [-0.05, 0) is 12.8 Å². The van der Waals surface area contributed by atoms with E-state index in [1.807, 2.05) is 0 Å². The first kappa shape index (κ1) is 8.75. The fourth-order valence-electron chi connectivity index (χ4n) is 1.89. The number of fused-ring (bicyclic) bond motifs is 1. The molecule has 1 aromatic heterocycles. The van der Waals surface area contributed by atoms with Crippen molar-refractivity contribution in [2.24, 2.45) is 5.73 Å². The highest BCUT2D eigenvalue weighted by atomic mass is 15.1. The van der Waals surface area contributed by atoms with Crippen LogP contribution in [0.3, 0.4) is 0 Å². The summed E-state index contributed by atoms with van der Waals surface area (Å²) in [6, 6.07) is 0.323. The predicted octanol–water partition coefficient (Wildman–Crippen LogP) is 1.11. The van der Waals surface area contributed by atoms with E-state index in [2.05, 4.69) is 22.7 Å². The molecule has 0 fully saturated rings. The maximum absolute atomic E-state index is 5.88. The van der Waals surface area contributed by atoms with Gasteiger partial charge in [0.15, 0.2) is 0 Å². The van der Waals surface area contributed by atoms with Gasteiger partial charge in [-0.2, -0.15) is 0 Å². The Morgan fingerprint density at radius 2 is 2.54 bits per heavy atom. The molecular weight excluding hydrogens is 162 g/mol. The predicted molar refractivity (Wildman–Crippen MR) is 52.5 cm³/mol. The van der Waals surface area contributed by atoms with Crippen molar-refractivity contribution in [2.45, 2.75) is 45.2 Å². The van der Waals surface area contributed by atoms with Gasteiger partial charge in [0, 0.05) is 25.2 Å². The maximum Gasteiger partial charge on any atom is 0.110 e. The lowest BCUT2D eigenvalue weighted by Crippen LogP contribution is -2.30. The number of nitrogens with two attached hydrogens (primary N) is 1. The smallest absolute Gasteiger partial charge is 0.110 e. The lowest BCUT2D eigenvalue weighted by atomic mass is 10.1. The van der Waals surface area contributed by atoms with Crippen molar-refractivity contribution >= 4 is 0 Å². The van der Waals surface area contributed by atoms with Crippen LogP contribution in [0.15, 0.2) is 6.20 Å². The van der Waals surface area contributed by atoms with Crippen LogP contribution in [0.5, 0.6) is 0 Å². The molecule has 2 heterocycles. The van der Waals surface area contributed by atoms with Crippen molar-refractivity contribution in [3.63, 3.8) is 0 Å². The highest BCUT2D eigenvalue weighted by molar-refractivity contribution is 5.07. The summed E-state index contributed by atoms with van der Waals surface area (Å²) >= 11 is 0. The van der Waals surface area contributed by atoms with Crippen LogP contribution in [0.1, 0.15) is 31.3 Å². The van der Waals surface area contributed by atoms with Crippen molar-refractivity contribution in [1.82, 2.24) is 9.55 Å². The van der Waals surface area contributed by atoms with Crippen molar-refractivity contribution in [3.05, 3.63) is 17.7 Å². The van der Waals surface area contributed by atoms with Gasteiger partial charge in [-0.15, -0.1) is 0 Å². The minimum atomic E-state index is 0.323. The van der Waals surface area contributed by atoms with E-state index in [4.69, 9.17) is 5.73 Å². The van der Waals surface area contributed by atoms with Crippen LogP contribution < -0.4 is 5.73 Å². The van der Waals surface area contributed by atoms with Gasteiger partial charge in [0.1, 0.15) is 5.82 Å². The molecule has 13 heavy (non-hydrogen) atoms. The third kappa shape index (κ3) is 1.75. The first-order valence-electron chi connectivity index (χ1n) is 5.10. The quantitative estimate of drug-likeness (QED) is 0.739. The third-order valence-corrected chi connectivity index (χ3v) is 2.60. The lowest BCUT2D eigenvalue weighted by molar-refractivity contribution is 0.463. The number of imidazole rings is 1. The van der Waals surface area contributed by atoms with Crippen LogP contribution in [0.2, 0.25) is 0 Å². The lowest BCUT2D eigenvalue weighted by Gasteiger charge is -2.18. The van der Waals surface area contributed by atoms with E-state index in [0.29, 0.717) is 6.04 Å². The van der Waals surface area contributed by atoms with Gasteiger partial charge in [0.25, 0.3) is 0 Å². The van der Waals surface area contributed by atoms with E-state index in [0.717, 1.165) is 25.8 Å². The Labute approximate surface area is 79.0 Å². The van der Waals surface area contributed by atoms with Gasteiger partial charge in [0.05, 0.1) is 5.69 Å². The number of aryl methyl sites for hydroxylation is 2. The molecule has 0 aliphatic carbocycles. The molecule has 0 saturated heterocycles. The highest BCUT2D eigenvalue weighted by Gasteiger charge is 2.16. The molecule has 1 unspecified atom stereocenters. The van der Waals surface area contributed by atoms with E-state index in [1.54, 1.807) is 0 Å². The monoisotopic (exact) mass is 179 g/mol.